The Morgan fingerprint density at radius 3 is 2.33 bits per heavy atom. The third-order valence-electron chi connectivity index (χ3n) is 4.05. The Morgan fingerprint density at radius 2 is 1.83 bits per heavy atom. The molecule has 1 unspecified atom stereocenters. The second-order valence-electron chi connectivity index (χ2n) is 6.71. The van der Waals surface area contributed by atoms with Gasteiger partial charge in [0.25, 0.3) is 0 Å². The standard InChI is InChI=1S/C15H33N3/c1-6-15(2,12-16-14-8-9-14)13-18(5)11-7-10-17(3)4/h14,16H,6-13H2,1-5H3. The summed E-state index contributed by atoms with van der Waals surface area (Å²) in [7, 11) is 6.56. The van der Waals surface area contributed by atoms with Crippen LogP contribution in [0.4, 0.5) is 0 Å². The van der Waals surface area contributed by atoms with E-state index in [9.17, 15) is 0 Å². The average molecular weight is 255 g/mol. The summed E-state index contributed by atoms with van der Waals surface area (Å²) in [6, 6.07) is 0.829. The van der Waals surface area contributed by atoms with E-state index in [4.69, 9.17) is 0 Å². The lowest BCUT2D eigenvalue weighted by atomic mass is 9.86. The van der Waals surface area contributed by atoms with Crippen LogP contribution in [-0.4, -0.2) is 63.2 Å². The normalized spacial score (nSPS) is 19.5. The zero-order chi connectivity index (χ0) is 13.6. The molecule has 0 aromatic rings. The van der Waals surface area contributed by atoms with E-state index in [1.807, 2.05) is 0 Å². The monoisotopic (exact) mass is 255 g/mol. The summed E-state index contributed by atoms with van der Waals surface area (Å²) in [4.78, 5) is 4.77. The summed E-state index contributed by atoms with van der Waals surface area (Å²) in [5, 5.41) is 3.69. The average Bonchev–Trinajstić information content (AvgIpc) is 3.09. The van der Waals surface area contributed by atoms with Crippen molar-refractivity contribution in [3.8, 4) is 0 Å². The highest BCUT2D eigenvalue weighted by atomic mass is 15.1. The molecule has 3 heteroatoms. The molecule has 1 atom stereocenters. The van der Waals surface area contributed by atoms with E-state index in [1.165, 1.54) is 51.9 Å². The topological polar surface area (TPSA) is 18.5 Å². The van der Waals surface area contributed by atoms with E-state index in [0.29, 0.717) is 5.41 Å². The summed E-state index contributed by atoms with van der Waals surface area (Å²) in [6.07, 6.45) is 5.29. The van der Waals surface area contributed by atoms with E-state index in [0.717, 1.165) is 6.04 Å². The van der Waals surface area contributed by atoms with Crippen LogP contribution in [0.2, 0.25) is 0 Å². The molecule has 1 N–H and O–H groups in total. The Balaban J connectivity index is 2.21. The molecule has 108 valence electrons. The van der Waals surface area contributed by atoms with Crippen molar-refractivity contribution in [2.45, 2.75) is 45.6 Å². The maximum absolute atomic E-state index is 3.69. The minimum Gasteiger partial charge on any atom is -0.313 e. The lowest BCUT2D eigenvalue weighted by molar-refractivity contribution is 0.175. The summed E-state index contributed by atoms with van der Waals surface area (Å²) in [6.45, 7) is 9.51. The van der Waals surface area contributed by atoms with Crippen LogP contribution < -0.4 is 5.32 Å². The van der Waals surface area contributed by atoms with Gasteiger partial charge in [-0.2, -0.15) is 0 Å². The molecular weight excluding hydrogens is 222 g/mol. The Kier molecular flexibility index (Phi) is 6.61. The first kappa shape index (κ1) is 15.9. The van der Waals surface area contributed by atoms with E-state index in [1.54, 1.807) is 0 Å². The Labute approximate surface area is 114 Å². The highest BCUT2D eigenvalue weighted by Crippen LogP contribution is 2.25. The molecule has 1 aliphatic rings. The molecule has 0 bridgehead atoms. The summed E-state index contributed by atoms with van der Waals surface area (Å²) in [5.74, 6) is 0. The second kappa shape index (κ2) is 7.46. The Hall–Kier alpha value is -0.120. The van der Waals surface area contributed by atoms with Gasteiger partial charge in [-0.25, -0.2) is 0 Å². The van der Waals surface area contributed by atoms with Crippen molar-refractivity contribution in [3.05, 3.63) is 0 Å². The molecule has 0 aromatic heterocycles. The molecule has 0 heterocycles. The van der Waals surface area contributed by atoms with Crippen molar-refractivity contribution >= 4 is 0 Å². The molecule has 0 amide bonds. The maximum atomic E-state index is 3.69. The van der Waals surface area contributed by atoms with Crippen LogP contribution in [0, 0.1) is 5.41 Å². The van der Waals surface area contributed by atoms with Crippen LogP contribution in [0.5, 0.6) is 0 Å². The van der Waals surface area contributed by atoms with Gasteiger partial charge in [-0.3, -0.25) is 0 Å². The maximum Gasteiger partial charge on any atom is 0.00684 e. The highest BCUT2D eigenvalue weighted by molar-refractivity contribution is 4.86. The van der Waals surface area contributed by atoms with E-state index in [2.05, 4.69) is 50.1 Å². The van der Waals surface area contributed by atoms with Gasteiger partial charge in [0, 0.05) is 19.1 Å². The molecule has 1 saturated carbocycles. The van der Waals surface area contributed by atoms with E-state index >= 15 is 0 Å². The first-order chi connectivity index (χ1) is 8.45. The molecule has 1 aliphatic carbocycles. The van der Waals surface area contributed by atoms with Crippen LogP contribution >= 0.6 is 0 Å². The fraction of sp³-hybridized carbons (Fsp3) is 1.00. The van der Waals surface area contributed by atoms with Crippen LogP contribution in [0.1, 0.15) is 39.5 Å². The van der Waals surface area contributed by atoms with Crippen molar-refractivity contribution in [2.75, 3.05) is 47.3 Å². The fourth-order valence-electron chi connectivity index (χ4n) is 2.36. The molecule has 0 aromatic carbocycles. The number of nitrogens with zero attached hydrogens (tertiary/aromatic N) is 2. The van der Waals surface area contributed by atoms with Gasteiger partial charge < -0.3 is 15.1 Å². The van der Waals surface area contributed by atoms with Gasteiger partial charge in [0.05, 0.1) is 0 Å². The molecule has 0 saturated heterocycles. The van der Waals surface area contributed by atoms with Gasteiger partial charge in [0.1, 0.15) is 0 Å². The summed E-state index contributed by atoms with van der Waals surface area (Å²) >= 11 is 0. The molecule has 0 spiro atoms. The minimum absolute atomic E-state index is 0.426. The van der Waals surface area contributed by atoms with Gasteiger partial charge in [0.2, 0.25) is 0 Å². The van der Waals surface area contributed by atoms with Crippen molar-refractivity contribution in [3.63, 3.8) is 0 Å². The van der Waals surface area contributed by atoms with Crippen LogP contribution in [0.15, 0.2) is 0 Å². The van der Waals surface area contributed by atoms with Gasteiger partial charge in [-0.1, -0.05) is 13.8 Å². The SMILES string of the molecule is CCC(C)(CNC1CC1)CN(C)CCCN(C)C. The molecule has 1 rings (SSSR count). The van der Waals surface area contributed by atoms with Gasteiger partial charge in [-0.15, -0.1) is 0 Å². The third kappa shape index (κ3) is 6.72. The first-order valence-corrected chi connectivity index (χ1v) is 7.52. The molecule has 0 aliphatic heterocycles. The number of nitrogens with one attached hydrogen (secondary N) is 1. The zero-order valence-corrected chi connectivity index (χ0v) is 13.1. The van der Waals surface area contributed by atoms with E-state index < -0.39 is 0 Å². The second-order valence-corrected chi connectivity index (χ2v) is 6.71. The molecular formula is C15H33N3. The molecule has 3 nitrogen and oxygen atoms in total. The van der Waals surface area contributed by atoms with Crippen molar-refractivity contribution in [2.24, 2.45) is 5.41 Å². The van der Waals surface area contributed by atoms with E-state index in [-0.39, 0.29) is 0 Å². The predicted octanol–water partition coefficient (Wildman–Crippen LogP) is 2.04. The van der Waals surface area contributed by atoms with Crippen LogP contribution in [-0.2, 0) is 0 Å². The Bertz CT molecular complexity index is 226. The minimum atomic E-state index is 0.426. The quantitative estimate of drug-likeness (QED) is 0.644. The van der Waals surface area contributed by atoms with Crippen LogP contribution in [0.3, 0.4) is 0 Å². The Morgan fingerprint density at radius 1 is 1.17 bits per heavy atom. The predicted molar refractivity (Wildman–Crippen MR) is 80.1 cm³/mol. The summed E-state index contributed by atoms with van der Waals surface area (Å²) in [5.41, 5.74) is 0.426. The summed E-state index contributed by atoms with van der Waals surface area (Å²) < 4.78 is 0. The number of hydrogen-bond acceptors (Lipinski definition) is 3. The number of rotatable bonds is 10. The van der Waals surface area contributed by atoms with Crippen LogP contribution in [0.25, 0.3) is 0 Å². The van der Waals surface area contributed by atoms with Crippen molar-refractivity contribution in [1.29, 1.82) is 0 Å². The van der Waals surface area contributed by atoms with Gasteiger partial charge >= 0.3 is 0 Å². The molecule has 0 radical (unpaired) electrons. The first-order valence-electron chi connectivity index (χ1n) is 7.52. The lowest BCUT2D eigenvalue weighted by Gasteiger charge is -2.33. The highest BCUT2D eigenvalue weighted by Gasteiger charge is 2.28. The molecule has 18 heavy (non-hydrogen) atoms. The van der Waals surface area contributed by atoms with Gasteiger partial charge in [0.15, 0.2) is 0 Å². The largest absolute Gasteiger partial charge is 0.313 e. The molecule has 1 fully saturated rings. The smallest absolute Gasteiger partial charge is 0.00684 e. The van der Waals surface area contributed by atoms with Crippen molar-refractivity contribution in [1.82, 2.24) is 15.1 Å². The fourth-order valence-corrected chi connectivity index (χ4v) is 2.36. The lowest BCUT2D eigenvalue weighted by Crippen LogP contribution is -2.41. The zero-order valence-electron chi connectivity index (χ0n) is 13.1. The number of hydrogen-bond donors (Lipinski definition) is 1. The van der Waals surface area contributed by atoms with Gasteiger partial charge in [-0.05, 0) is 65.3 Å². The van der Waals surface area contributed by atoms with Crippen molar-refractivity contribution < 1.29 is 0 Å². The third-order valence-corrected chi connectivity index (χ3v) is 4.05.